The second-order valence-electron chi connectivity index (χ2n) is 6.50. The van der Waals surface area contributed by atoms with Gasteiger partial charge in [-0.2, -0.15) is 0 Å². The van der Waals surface area contributed by atoms with E-state index in [1.165, 1.54) is 54.8 Å². The third kappa shape index (κ3) is 6.17. The highest BCUT2D eigenvalue weighted by Gasteiger charge is 2.18. The number of nitro benzene ring substituents is 1. The Hall–Kier alpha value is -4.67. The molecule has 33 heavy (non-hydrogen) atoms. The summed E-state index contributed by atoms with van der Waals surface area (Å²) in [4.78, 5) is 46.9. The monoisotopic (exact) mass is 453 g/mol. The van der Waals surface area contributed by atoms with E-state index in [1.807, 2.05) is 0 Å². The third-order valence-electron chi connectivity index (χ3n) is 4.21. The van der Waals surface area contributed by atoms with E-state index in [9.17, 15) is 24.5 Å². The summed E-state index contributed by atoms with van der Waals surface area (Å²) in [5.41, 5.74) is 0.160. The lowest BCUT2D eigenvalue weighted by molar-refractivity contribution is -0.384. The Morgan fingerprint density at radius 3 is 2.45 bits per heavy atom. The number of ether oxygens (including phenoxy) is 2. The first-order valence-corrected chi connectivity index (χ1v) is 9.70. The number of hydrogen-bond donors (Lipinski definition) is 2. The van der Waals surface area contributed by atoms with Crippen molar-refractivity contribution in [3.63, 3.8) is 0 Å². The lowest BCUT2D eigenvalue weighted by atomic mass is 10.2. The van der Waals surface area contributed by atoms with E-state index in [-0.39, 0.29) is 28.4 Å². The van der Waals surface area contributed by atoms with Crippen molar-refractivity contribution in [2.75, 3.05) is 23.8 Å². The number of esters is 1. The molecule has 3 rings (SSSR count). The van der Waals surface area contributed by atoms with Crippen LogP contribution in [0.5, 0.6) is 5.75 Å². The first-order valence-electron chi connectivity index (χ1n) is 9.70. The van der Waals surface area contributed by atoms with Gasteiger partial charge in [0.05, 0.1) is 29.4 Å². The fourth-order valence-electron chi connectivity index (χ4n) is 2.72. The topological polar surface area (TPSA) is 150 Å². The summed E-state index contributed by atoms with van der Waals surface area (Å²) in [6, 6.07) is 12.9. The van der Waals surface area contributed by atoms with E-state index < -0.39 is 29.3 Å². The van der Waals surface area contributed by atoms with Gasteiger partial charge in [0.25, 0.3) is 17.5 Å². The van der Waals surface area contributed by atoms with Crippen LogP contribution in [0.2, 0.25) is 0 Å². The Labute approximate surface area is 187 Å². The number of benzene rings is 2. The highest BCUT2D eigenvalue weighted by atomic mass is 16.6. The van der Waals surface area contributed by atoms with E-state index >= 15 is 0 Å². The van der Waals surface area contributed by atoms with Crippen molar-refractivity contribution in [1.29, 1.82) is 0 Å². The molecule has 0 atom stereocenters. The number of hydrogen-bond acceptors (Lipinski definition) is 8. The van der Waals surface area contributed by atoms with Crippen LogP contribution in [-0.4, -0.2) is 35.9 Å². The Kier molecular flexibility index (Phi) is 7.37. The fourth-order valence-corrected chi connectivity index (χ4v) is 2.72. The lowest BCUT2D eigenvalue weighted by Crippen LogP contribution is -2.21. The smallest absolute Gasteiger partial charge is 0.338 e. The molecule has 0 bridgehead atoms. The Morgan fingerprint density at radius 1 is 1.06 bits per heavy atom. The highest BCUT2D eigenvalue weighted by Crippen LogP contribution is 2.29. The van der Waals surface area contributed by atoms with Crippen LogP contribution in [0.1, 0.15) is 27.8 Å². The molecular formula is C22H19N3O8. The highest BCUT2D eigenvalue weighted by molar-refractivity contribution is 6.02. The number of carbonyl (C=O) groups excluding carboxylic acids is 3. The minimum Gasteiger partial charge on any atom is -0.494 e. The van der Waals surface area contributed by atoms with E-state index in [4.69, 9.17) is 13.9 Å². The van der Waals surface area contributed by atoms with Gasteiger partial charge in [0.15, 0.2) is 12.4 Å². The lowest BCUT2D eigenvalue weighted by Gasteiger charge is -2.09. The van der Waals surface area contributed by atoms with E-state index in [2.05, 4.69) is 10.6 Å². The van der Waals surface area contributed by atoms with Gasteiger partial charge in [0.1, 0.15) is 11.4 Å². The number of anilines is 2. The zero-order valence-electron chi connectivity index (χ0n) is 17.4. The van der Waals surface area contributed by atoms with Gasteiger partial charge in [-0.3, -0.25) is 19.7 Å². The molecule has 1 heterocycles. The number of furan rings is 1. The van der Waals surface area contributed by atoms with E-state index in [1.54, 1.807) is 13.0 Å². The molecule has 2 N–H and O–H groups in total. The first kappa shape index (κ1) is 23.0. The number of nitrogens with zero attached hydrogens (tertiary/aromatic N) is 1. The molecule has 2 aromatic carbocycles. The van der Waals surface area contributed by atoms with Gasteiger partial charge in [0.2, 0.25) is 0 Å². The number of carbonyl (C=O) groups is 3. The standard InChI is InChI=1S/C22H19N3O8/c1-2-31-16-9-10-17(18(12-16)25(29)30)24-20(26)13-33-22(28)14-5-7-15(8-6-14)23-21(27)19-4-3-11-32-19/h3-12H,2,13H2,1H3,(H,23,27)(H,24,26). The van der Waals surface area contributed by atoms with Gasteiger partial charge in [-0.25, -0.2) is 4.79 Å². The molecule has 0 aliphatic carbocycles. The zero-order chi connectivity index (χ0) is 23.8. The van der Waals surface area contributed by atoms with Crippen molar-refractivity contribution in [3.8, 4) is 5.75 Å². The van der Waals surface area contributed by atoms with E-state index in [0.29, 0.717) is 12.3 Å². The molecule has 0 unspecified atom stereocenters. The average molecular weight is 453 g/mol. The predicted octanol–water partition coefficient (Wildman–Crippen LogP) is 3.63. The summed E-state index contributed by atoms with van der Waals surface area (Å²) in [6.45, 7) is 1.41. The molecule has 1 aromatic heterocycles. The molecule has 3 aromatic rings. The maximum atomic E-state index is 12.2. The van der Waals surface area contributed by atoms with Gasteiger partial charge >= 0.3 is 5.97 Å². The molecule has 0 aliphatic heterocycles. The van der Waals surface area contributed by atoms with Gasteiger partial charge in [-0.15, -0.1) is 0 Å². The van der Waals surface area contributed by atoms with Gasteiger partial charge in [-0.05, 0) is 55.5 Å². The normalized spacial score (nSPS) is 10.2. The van der Waals surface area contributed by atoms with Crippen molar-refractivity contribution in [2.24, 2.45) is 0 Å². The minimum atomic E-state index is -0.782. The van der Waals surface area contributed by atoms with Crippen molar-refractivity contribution in [2.45, 2.75) is 6.92 Å². The van der Waals surface area contributed by atoms with Gasteiger partial charge in [0, 0.05) is 5.69 Å². The molecule has 11 heteroatoms. The second-order valence-corrected chi connectivity index (χ2v) is 6.50. The SMILES string of the molecule is CCOc1ccc(NC(=O)COC(=O)c2ccc(NC(=O)c3ccco3)cc2)c([N+](=O)[O-])c1. The number of amides is 2. The van der Waals surface area contributed by atoms with E-state index in [0.717, 1.165) is 0 Å². The van der Waals surface area contributed by atoms with Crippen molar-refractivity contribution in [1.82, 2.24) is 0 Å². The van der Waals surface area contributed by atoms with Crippen LogP contribution in [0.4, 0.5) is 17.1 Å². The molecular weight excluding hydrogens is 434 g/mol. The quantitative estimate of drug-likeness (QED) is 0.283. The van der Waals surface area contributed by atoms with Crippen LogP contribution >= 0.6 is 0 Å². The predicted molar refractivity (Wildman–Crippen MR) is 116 cm³/mol. The molecule has 170 valence electrons. The van der Waals surface area contributed by atoms with Gasteiger partial charge < -0.3 is 24.5 Å². The molecule has 0 spiro atoms. The van der Waals surface area contributed by atoms with Crippen LogP contribution in [0.3, 0.4) is 0 Å². The maximum absolute atomic E-state index is 12.2. The van der Waals surface area contributed by atoms with Crippen LogP contribution in [-0.2, 0) is 9.53 Å². The summed E-state index contributed by atoms with van der Waals surface area (Å²) in [5.74, 6) is -1.56. The number of nitro groups is 1. The zero-order valence-corrected chi connectivity index (χ0v) is 17.4. The maximum Gasteiger partial charge on any atom is 0.338 e. The molecule has 0 radical (unpaired) electrons. The van der Waals surface area contributed by atoms with Crippen molar-refractivity contribution >= 4 is 34.8 Å². The summed E-state index contributed by atoms with van der Waals surface area (Å²) in [5, 5.41) is 16.2. The Balaban J connectivity index is 1.54. The van der Waals surface area contributed by atoms with Crippen LogP contribution in [0.25, 0.3) is 0 Å². The molecule has 0 saturated carbocycles. The molecule has 0 fully saturated rings. The Morgan fingerprint density at radius 2 is 1.82 bits per heavy atom. The number of rotatable bonds is 9. The van der Waals surface area contributed by atoms with Crippen LogP contribution < -0.4 is 15.4 Å². The summed E-state index contributed by atoms with van der Waals surface area (Å²) in [6.07, 6.45) is 1.37. The van der Waals surface area contributed by atoms with Gasteiger partial charge in [-0.1, -0.05) is 0 Å². The summed E-state index contributed by atoms with van der Waals surface area (Å²) >= 11 is 0. The second kappa shape index (κ2) is 10.6. The average Bonchev–Trinajstić information content (AvgIpc) is 3.34. The summed E-state index contributed by atoms with van der Waals surface area (Å²) < 4.78 is 15.2. The minimum absolute atomic E-state index is 0.0545. The molecule has 11 nitrogen and oxygen atoms in total. The molecule has 0 aliphatic rings. The number of nitrogens with one attached hydrogen (secondary N) is 2. The fraction of sp³-hybridized carbons (Fsp3) is 0.136. The van der Waals surface area contributed by atoms with Crippen LogP contribution in [0.15, 0.2) is 65.3 Å². The molecule has 2 amide bonds. The van der Waals surface area contributed by atoms with Crippen molar-refractivity contribution < 1.29 is 33.2 Å². The third-order valence-corrected chi connectivity index (χ3v) is 4.21. The molecule has 0 saturated heterocycles. The van der Waals surface area contributed by atoms with Crippen molar-refractivity contribution in [3.05, 3.63) is 82.3 Å². The first-order chi connectivity index (χ1) is 15.9. The Bertz CT molecular complexity index is 1160. The summed E-state index contributed by atoms with van der Waals surface area (Å²) in [7, 11) is 0. The van der Waals surface area contributed by atoms with Crippen LogP contribution in [0, 0.1) is 10.1 Å². The largest absolute Gasteiger partial charge is 0.494 e.